The maximum absolute atomic E-state index is 13.4. The number of oxime groups is 1. The van der Waals surface area contributed by atoms with Crippen LogP contribution in [0.3, 0.4) is 0 Å². The summed E-state index contributed by atoms with van der Waals surface area (Å²) in [5.74, 6) is -0.733. The minimum Gasteiger partial charge on any atom is -0.382 e. The van der Waals surface area contributed by atoms with E-state index in [9.17, 15) is 17.6 Å². The van der Waals surface area contributed by atoms with Crippen LogP contribution in [-0.4, -0.2) is 67.7 Å². The summed E-state index contributed by atoms with van der Waals surface area (Å²) in [5.41, 5.74) is 1.08. The summed E-state index contributed by atoms with van der Waals surface area (Å²) >= 11 is 0. The maximum atomic E-state index is 13.4. The monoisotopic (exact) mass is 395 g/mol. The van der Waals surface area contributed by atoms with Crippen LogP contribution < -0.4 is 5.32 Å². The molecule has 3 heterocycles. The zero-order valence-electron chi connectivity index (χ0n) is 14.8. The molecule has 0 saturated carbocycles. The maximum Gasteiger partial charge on any atom is 0.264 e. The Morgan fingerprint density at radius 1 is 1.26 bits per heavy atom. The number of amides is 1. The number of carbonyl (C=O) groups is 1. The van der Waals surface area contributed by atoms with E-state index in [-0.39, 0.29) is 35.7 Å². The fourth-order valence-electron chi connectivity index (χ4n) is 4.03. The molecular formula is C18H22FN3O4S. The third-order valence-electron chi connectivity index (χ3n) is 5.38. The van der Waals surface area contributed by atoms with E-state index in [1.54, 1.807) is 12.1 Å². The number of likely N-dealkylation sites (tertiary alicyclic amines) is 1. The summed E-state index contributed by atoms with van der Waals surface area (Å²) in [7, 11) is -3.18. The van der Waals surface area contributed by atoms with Crippen LogP contribution >= 0.6 is 0 Å². The minimum atomic E-state index is -3.18. The van der Waals surface area contributed by atoms with Crippen molar-refractivity contribution in [1.29, 1.82) is 0 Å². The van der Waals surface area contributed by atoms with E-state index in [1.165, 1.54) is 12.1 Å². The predicted octanol–water partition coefficient (Wildman–Crippen LogP) is 0.696. The Labute approximate surface area is 157 Å². The van der Waals surface area contributed by atoms with E-state index in [0.29, 0.717) is 11.3 Å². The zero-order valence-corrected chi connectivity index (χ0v) is 15.6. The van der Waals surface area contributed by atoms with E-state index in [2.05, 4.69) is 15.4 Å². The summed E-state index contributed by atoms with van der Waals surface area (Å²) in [6, 6.07) is 5.33. The number of rotatable bonds is 4. The van der Waals surface area contributed by atoms with Crippen molar-refractivity contribution in [3.05, 3.63) is 35.6 Å². The van der Waals surface area contributed by atoms with Gasteiger partial charge in [-0.1, -0.05) is 17.3 Å². The standard InChI is InChI=1S/C18H22FN3O4S/c19-13-5-3-4-12(8-13)14-9-17(26-21-14)18(23)20-15-10-27(24,25)11-16(15)22-6-1-2-7-22/h3-5,8,15-17H,1-2,6-7,9-11H2,(H,20,23)/t15-,16-,17-/m1/s1. The molecule has 2 saturated heterocycles. The number of nitrogens with one attached hydrogen (secondary N) is 1. The Bertz CT molecular complexity index is 867. The Morgan fingerprint density at radius 2 is 2.04 bits per heavy atom. The molecule has 27 heavy (non-hydrogen) atoms. The second-order valence-electron chi connectivity index (χ2n) is 7.35. The molecule has 1 amide bonds. The second-order valence-corrected chi connectivity index (χ2v) is 9.50. The number of nitrogens with zero attached hydrogens (tertiary/aromatic N) is 2. The number of hydrogen-bond acceptors (Lipinski definition) is 6. The highest BCUT2D eigenvalue weighted by Crippen LogP contribution is 2.24. The van der Waals surface area contributed by atoms with Crippen molar-refractivity contribution < 1.29 is 22.4 Å². The first-order valence-corrected chi connectivity index (χ1v) is 11.0. The van der Waals surface area contributed by atoms with Crippen LogP contribution in [0.1, 0.15) is 24.8 Å². The second kappa shape index (κ2) is 7.20. The lowest BCUT2D eigenvalue weighted by Crippen LogP contribution is -2.52. The zero-order chi connectivity index (χ0) is 19.0. The molecule has 9 heteroatoms. The van der Waals surface area contributed by atoms with E-state index in [1.807, 2.05) is 0 Å². The first kappa shape index (κ1) is 18.4. The Kier molecular flexibility index (Phi) is 4.90. The molecule has 0 bridgehead atoms. The van der Waals surface area contributed by atoms with Gasteiger partial charge in [0.15, 0.2) is 9.84 Å². The quantitative estimate of drug-likeness (QED) is 0.811. The molecule has 3 atom stereocenters. The van der Waals surface area contributed by atoms with Gasteiger partial charge in [-0.15, -0.1) is 0 Å². The summed E-state index contributed by atoms with van der Waals surface area (Å²) in [4.78, 5) is 20.0. The summed E-state index contributed by atoms with van der Waals surface area (Å²) in [6.07, 6.45) is 1.50. The van der Waals surface area contributed by atoms with Gasteiger partial charge in [0.1, 0.15) is 5.82 Å². The third-order valence-corrected chi connectivity index (χ3v) is 7.10. The lowest BCUT2D eigenvalue weighted by Gasteiger charge is -2.28. The Hall–Kier alpha value is -2.00. The molecule has 0 spiro atoms. The van der Waals surface area contributed by atoms with Gasteiger partial charge in [0.25, 0.3) is 5.91 Å². The van der Waals surface area contributed by atoms with E-state index in [0.717, 1.165) is 25.9 Å². The number of halogens is 1. The van der Waals surface area contributed by atoms with Gasteiger partial charge in [-0.25, -0.2) is 12.8 Å². The highest BCUT2D eigenvalue weighted by atomic mass is 32.2. The predicted molar refractivity (Wildman–Crippen MR) is 97.6 cm³/mol. The lowest BCUT2D eigenvalue weighted by molar-refractivity contribution is -0.132. The van der Waals surface area contributed by atoms with Crippen molar-refractivity contribution in [2.75, 3.05) is 24.6 Å². The SMILES string of the molecule is O=C(N[C@@H]1CS(=O)(=O)C[C@H]1N1CCCC1)[C@H]1CC(c2cccc(F)c2)=NO1. The van der Waals surface area contributed by atoms with E-state index >= 15 is 0 Å². The Morgan fingerprint density at radius 3 is 2.78 bits per heavy atom. The molecule has 146 valence electrons. The highest BCUT2D eigenvalue weighted by Gasteiger charge is 2.43. The molecular weight excluding hydrogens is 373 g/mol. The van der Waals surface area contributed by atoms with Crippen molar-refractivity contribution in [2.24, 2.45) is 5.16 Å². The molecule has 1 N–H and O–H groups in total. The van der Waals surface area contributed by atoms with E-state index < -0.39 is 22.0 Å². The molecule has 7 nitrogen and oxygen atoms in total. The fourth-order valence-corrected chi connectivity index (χ4v) is 5.98. The van der Waals surface area contributed by atoms with E-state index in [4.69, 9.17) is 4.84 Å². The van der Waals surface area contributed by atoms with Crippen molar-refractivity contribution in [3.63, 3.8) is 0 Å². The highest BCUT2D eigenvalue weighted by molar-refractivity contribution is 7.91. The Balaban J connectivity index is 1.40. The van der Waals surface area contributed by atoms with Crippen LogP contribution in [0.2, 0.25) is 0 Å². The molecule has 0 radical (unpaired) electrons. The summed E-state index contributed by atoms with van der Waals surface area (Å²) < 4.78 is 37.6. The molecule has 0 unspecified atom stereocenters. The van der Waals surface area contributed by atoms with Crippen LogP contribution in [0.4, 0.5) is 4.39 Å². The third kappa shape index (κ3) is 3.98. The van der Waals surface area contributed by atoms with Gasteiger partial charge in [0, 0.05) is 18.0 Å². The number of carbonyl (C=O) groups excluding carboxylic acids is 1. The molecule has 0 aliphatic carbocycles. The molecule has 3 aliphatic heterocycles. The van der Waals surface area contributed by atoms with Crippen molar-refractivity contribution in [1.82, 2.24) is 10.2 Å². The lowest BCUT2D eigenvalue weighted by atomic mass is 10.0. The van der Waals surface area contributed by atoms with Gasteiger partial charge in [0.05, 0.1) is 23.3 Å². The van der Waals surface area contributed by atoms with Crippen LogP contribution in [0.15, 0.2) is 29.4 Å². The van der Waals surface area contributed by atoms with Gasteiger partial charge in [-0.2, -0.15) is 0 Å². The number of sulfone groups is 1. The van der Waals surface area contributed by atoms with Crippen molar-refractivity contribution in [2.45, 2.75) is 37.5 Å². The number of hydrogen-bond donors (Lipinski definition) is 1. The van der Waals surface area contributed by atoms with Gasteiger partial charge >= 0.3 is 0 Å². The normalized spacial score (nSPS) is 30.1. The van der Waals surface area contributed by atoms with Crippen LogP contribution in [0.25, 0.3) is 0 Å². The van der Waals surface area contributed by atoms with Crippen molar-refractivity contribution >= 4 is 21.5 Å². The summed E-state index contributed by atoms with van der Waals surface area (Å²) in [5, 5.41) is 6.76. The summed E-state index contributed by atoms with van der Waals surface area (Å²) in [6.45, 7) is 1.72. The van der Waals surface area contributed by atoms with Gasteiger partial charge in [-0.3, -0.25) is 9.69 Å². The average molecular weight is 395 g/mol. The van der Waals surface area contributed by atoms with Crippen LogP contribution in [-0.2, 0) is 19.5 Å². The molecule has 3 aliphatic rings. The molecule has 4 rings (SSSR count). The minimum absolute atomic E-state index is 0.0514. The molecule has 2 fully saturated rings. The van der Waals surface area contributed by atoms with Crippen LogP contribution in [0.5, 0.6) is 0 Å². The number of benzene rings is 1. The smallest absolute Gasteiger partial charge is 0.264 e. The molecule has 1 aromatic rings. The van der Waals surface area contributed by atoms with Crippen LogP contribution in [0, 0.1) is 5.82 Å². The molecule has 1 aromatic carbocycles. The van der Waals surface area contributed by atoms with Gasteiger partial charge in [0.2, 0.25) is 6.10 Å². The van der Waals surface area contributed by atoms with Crippen molar-refractivity contribution in [3.8, 4) is 0 Å². The fraction of sp³-hybridized carbons (Fsp3) is 0.556. The van der Waals surface area contributed by atoms with Gasteiger partial charge < -0.3 is 10.2 Å². The largest absolute Gasteiger partial charge is 0.382 e. The van der Waals surface area contributed by atoms with Gasteiger partial charge in [-0.05, 0) is 38.1 Å². The first-order valence-electron chi connectivity index (χ1n) is 9.15. The topological polar surface area (TPSA) is 88.1 Å². The molecule has 0 aromatic heterocycles. The average Bonchev–Trinajstić information content (AvgIpc) is 3.34. The first-order chi connectivity index (χ1) is 12.9.